The van der Waals surface area contributed by atoms with Crippen molar-refractivity contribution in [2.24, 2.45) is 0 Å². The molecule has 0 aromatic rings. The zero-order chi connectivity index (χ0) is 9.94. The van der Waals surface area contributed by atoms with Crippen LogP contribution in [0.5, 0.6) is 0 Å². The highest BCUT2D eigenvalue weighted by molar-refractivity contribution is 14.1. The molecule has 0 fully saturated rings. The third kappa shape index (κ3) is 2.91. The Morgan fingerprint density at radius 2 is 1.67 bits per heavy atom. The molecule has 0 unspecified atom stereocenters. The Kier molecular flexibility index (Phi) is 3.87. The standard InChI is InChI=1S/C4HF5INO/c5-1(3(12)11-10)2(6)4(7,8)9/h(H,11,12)/b2-1+. The van der Waals surface area contributed by atoms with Crippen LogP contribution >= 0.6 is 22.9 Å². The number of carbonyl (C=O) groups is 1. The van der Waals surface area contributed by atoms with E-state index in [1.807, 2.05) is 0 Å². The van der Waals surface area contributed by atoms with Crippen LogP contribution in [0, 0.1) is 0 Å². The molecule has 0 aromatic carbocycles. The number of halogens is 6. The van der Waals surface area contributed by atoms with Crippen molar-refractivity contribution in [3.8, 4) is 0 Å². The van der Waals surface area contributed by atoms with E-state index in [9.17, 15) is 26.7 Å². The van der Waals surface area contributed by atoms with Gasteiger partial charge in [0.2, 0.25) is 11.7 Å². The number of allylic oxidation sites excluding steroid dienone is 1. The number of amides is 1. The van der Waals surface area contributed by atoms with Gasteiger partial charge in [0.15, 0.2) is 0 Å². The van der Waals surface area contributed by atoms with Crippen LogP contribution in [0.3, 0.4) is 0 Å². The summed E-state index contributed by atoms with van der Waals surface area (Å²) in [7, 11) is 0. The molecule has 0 rings (SSSR count). The second-order valence-corrected chi connectivity index (χ2v) is 2.09. The fraction of sp³-hybridized carbons (Fsp3) is 0.250. The quantitative estimate of drug-likeness (QED) is 0.342. The molecule has 0 aliphatic carbocycles. The van der Waals surface area contributed by atoms with E-state index in [-0.39, 0.29) is 0 Å². The third-order valence-electron chi connectivity index (χ3n) is 0.727. The first kappa shape index (κ1) is 11.6. The minimum absolute atomic E-state index is 1.08. The van der Waals surface area contributed by atoms with Gasteiger partial charge in [-0.15, -0.1) is 0 Å². The molecular weight excluding hydrogens is 300 g/mol. The molecule has 1 N–H and O–H groups in total. The van der Waals surface area contributed by atoms with E-state index in [0.29, 0.717) is 0 Å². The van der Waals surface area contributed by atoms with Gasteiger partial charge in [-0.25, -0.2) is 0 Å². The summed E-state index contributed by atoms with van der Waals surface area (Å²) >= 11 is 1.08. The molecule has 0 aliphatic heterocycles. The van der Waals surface area contributed by atoms with Gasteiger partial charge in [-0.2, -0.15) is 22.0 Å². The van der Waals surface area contributed by atoms with E-state index >= 15 is 0 Å². The van der Waals surface area contributed by atoms with Crippen molar-refractivity contribution in [2.75, 3.05) is 0 Å². The van der Waals surface area contributed by atoms with Gasteiger partial charge in [0, 0.05) is 0 Å². The number of hydrogen-bond donors (Lipinski definition) is 1. The van der Waals surface area contributed by atoms with Crippen molar-refractivity contribution in [1.29, 1.82) is 0 Å². The Bertz CT molecular complexity index is 222. The smallest absolute Gasteiger partial charge is 0.293 e. The summed E-state index contributed by atoms with van der Waals surface area (Å²) in [5, 5.41) is 0. The van der Waals surface area contributed by atoms with Crippen molar-refractivity contribution >= 4 is 28.8 Å². The Labute approximate surface area is 77.3 Å². The first-order chi connectivity index (χ1) is 5.30. The summed E-state index contributed by atoms with van der Waals surface area (Å²) in [6, 6.07) is 0. The van der Waals surface area contributed by atoms with Gasteiger partial charge in [0.25, 0.3) is 5.91 Å². The molecule has 12 heavy (non-hydrogen) atoms. The van der Waals surface area contributed by atoms with E-state index in [4.69, 9.17) is 0 Å². The highest BCUT2D eigenvalue weighted by Gasteiger charge is 2.39. The lowest BCUT2D eigenvalue weighted by molar-refractivity contribution is -0.123. The van der Waals surface area contributed by atoms with Crippen LogP contribution in [-0.2, 0) is 4.79 Å². The monoisotopic (exact) mass is 301 g/mol. The molecule has 70 valence electrons. The number of carbonyl (C=O) groups excluding carboxylic acids is 1. The predicted octanol–water partition coefficient (Wildman–Crippen LogP) is 2.17. The van der Waals surface area contributed by atoms with Gasteiger partial charge in [0.1, 0.15) is 0 Å². The average Bonchev–Trinajstić information content (AvgIpc) is 1.98. The number of rotatable bonds is 1. The molecule has 0 heterocycles. The first-order valence-electron chi connectivity index (χ1n) is 2.34. The maximum absolute atomic E-state index is 12.1. The second kappa shape index (κ2) is 4.01. The highest BCUT2D eigenvalue weighted by Crippen LogP contribution is 2.29. The molecule has 8 heteroatoms. The SMILES string of the molecule is O=C(NI)/C(F)=C(\F)C(F)(F)F. The van der Waals surface area contributed by atoms with E-state index in [1.165, 1.54) is 3.53 Å². The van der Waals surface area contributed by atoms with Gasteiger partial charge in [-0.3, -0.25) is 8.32 Å². The van der Waals surface area contributed by atoms with Crippen LogP contribution < -0.4 is 3.53 Å². The summed E-state index contributed by atoms with van der Waals surface area (Å²) in [6.45, 7) is 0. The van der Waals surface area contributed by atoms with Crippen LogP contribution in [0.2, 0.25) is 0 Å². The summed E-state index contributed by atoms with van der Waals surface area (Å²) in [5.41, 5.74) is 0. The number of hydrogen-bond acceptors (Lipinski definition) is 1. The maximum Gasteiger partial charge on any atom is 0.446 e. The molecule has 0 aliphatic rings. The predicted molar refractivity (Wildman–Crippen MR) is 37.5 cm³/mol. The van der Waals surface area contributed by atoms with Crippen LogP contribution in [0.1, 0.15) is 0 Å². The first-order valence-corrected chi connectivity index (χ1v) is 3.42. The Hall–Kier alpha value is -0.410. The van der Waals surface area contributed by atoms with E-state index in [1.54, 1.807) is 0 Å². The minimum atomic E-state index is -5.47. The summed E-state index contributed by atoms with van der Waals surface area (Å²) in [4.78, 5) is 10.1. The summed E-state index contributed by atoms with van der Waals surface area (Å²) < 4.78 is 59.4. The molecular formula is C4HF5INO. The van der Waals surface area contributed by atoms with Crippen molar-refractivity contribution in [2.45, 2.75) is 6.18 Å². The van der Waals surface area contributed by atoms with Crippen molar-refractivity contribution in [3.05, 3.63) is 11.7 Å². The normalized spacial score (nSPS) is 13.8. The Morgan fingerprint density at radius 3 is 1.92 bits per heavy atom. The molecule has 0 aromatic heterocycles. The van der Waals surface area contributed by atoms with Gasteiger partial charge in [-0.05, 0) is 0 Å². The fourth-order valence-corrected chi connectivity index (χ4v) is 0.502. The highest BCUT2D eigenvalue weighted by atomic mass is 127. The molecule has 1 amide bonds. The molecule has 0 saturated carbocycles. The number of alkyl halides is 3. The fourth-order valence-electron chi connectivity index (χ4n) is 0.266. The third-order valence-corrected chi connectivity index (χ3v) is 1.22. The van der Waals surface area contributed by atoms with Gasteiger partial charge in [-0.1, -0.05) is 0 Å². The minimum Gasteiger partial charge on any atom is -0.293 e. The van der Waals surface area contributed by atoms with Crippen molar-refractivity contribution < 1.29 is 26.7 Å². The molecule has 2 nitrogen and oxygen atoms in total. The van der Waals surface area contributed by atoms with Gasteiger partial charge >= 0.3 is 6.18 Å². The molecule has 0 spiro atoms. The lowest BCUT2D eigenvalue weighted by Gasteiger charge is -2.02. The lowest BCUT2D eigenvalue weighted by atomic mass is 10.4. The van der Waals surface area contributed by atoms with Crippen LogP contribution in [0.25, 0.3) is 0 Å². The van der Waals surface area contributed by atoms with Crippen LogP contribution in [0.4, 0.5) is 22.0 Å². The van der Waals surface area contributed by atoms with Crippen LogP contribution in [-0.4, -0.2) is 12.1 Å². The Balaban J connectivity index is 4.82. The summed E-state index contributed by atoms with van der Waals surface area (Å²) in [6.07, 6.45) is -5.47. The van der Waals surface area contributed by atoms with Crippen molar-refractivity contribution in [3.63, 3.8) is 0 Å². The Morgan fingerprint density at radius 1 is 1.25 bits per heavy atom. The largest absolute Gasteiger partial charge is 0.446 e. The maximum atomic E-state index is 12.1. The van der Waals surface area contributed by atoms with E-state index in [0.717, 1.165) is 22.9 Å². The molecule has 0 bridgehead atoms. The molecule has 0 atom stereocenters. The van der Waals surface area contributed by atoms with Gasteiger partial charge < -0.3 is 0 Å². The average molecular weight is 301 g/mol. The van der Waals surface area contributed by atoms with E-state index < -0.39 is 23.7 Å². The number of nitrogens with one attached hydrogen (secondary N) is 1. The van der Waals surface area contributed by atoms with Crippen molar-refractivity contribution in [1.82, 2.24) is 3.53 Å². The molecule has 0 saturated heterocycles. The van der Waals surface area contributed by atoms with Crippen LogP contribution in [0.15, 0.2) is 11.7 Å². The van der Waals surface area contributed by atoms with Gasteiger partial charge in [0.05, 0.1) is 22.9 Å². The lowest BCUT2D eigenvalue weighted by Crippen LogP contribution is -2.18. The zero-order valence-electron chi connectivity index (χ0n) is 5.18. The zero-order valence-corrected chi connectivity index (χ0v) is 7.33. The summed E-state index contributed by atoms with van der Waals surface area (Å²) in [5.74, 6) is -7.26. The topological polar surface area (TPSA) is 29.1 Å². The second-order valence-electron chi connectivity index (χ2n) is 1.55. The molecule has 0 radical (unpaired) electrons. The van der Waals surface area contributed by atoms with E-state index in [2.05, 4.69) is 0 Å².